The van der Waals surface area contributed by atoms with Gasteiger partial charge >= 0.3 is 0 Å². The zero-order valence-electron chi connectivity index (χ0n) is 3.82. The summed E-state index contributed by atoms with van der Waals surface area (Å²) < 4.78 is -0.449. The van der Waals surface area contributed by atoms with Crippen LogP contribution < -0.4 is 0 Å². The Morgan fingerprint density at radius 3 is 2.43 bits per heavy atom. The number of hydrogen-bond donors (Lipinski definition) is 0. The number of alkyl halides is 2. The maximum absolute atomic E-state index is 5.70. The fourth-order valence-corrected chi connectivity index (χ4v) is 3.03. The van der Waals surface area contributed by atoms with E-state index in [1.807, 2.05) is 5.67 Å². The lowest BCUT2D eigenvalue weighted by molar-refractivity contribution is 0.972. The summed E-state index contributed by atoms with van der Waals surface area (Å²) in [6.07, 6.45) is 0.964. The Bertz CT molecular complexity index is 97.9. The van der Waals surface area contributed by atoms with Gasteiger partial charge in [0.15, 0.2) is 0 Å². The molecule has 0 fully saturated rings. The van der Waals surface area contributed by atoms with Gasteiger partial charge in [0, 0.05) is 0 Å². The van der Waals surface area contributed by atoms with E-state index in [0.717, 1.165) is 6.42 Å². The standard InChI is InChI=1S/C4H6Cl2Si/c5-4(6)1-2-7-3-4/h3,7H,1-2H2. The van der Waals surface area contributed by atoms with Crippen molar-refractivity contribution < 1.29 is 0 Å². The van der Waals surface area contributed by atoms with Crippen LogP contribution in [-0.2, 0) is 0 Å². The van der Waals surface area contributed by atoms with Crippen LogP contribution in [0.15, 0.2) is 0 Å². The first-order chi connectivity index (χ1) is 3.21. The predicted molar refractivity (Wildman–Crippen MR) is 37.1 cm³/mol. The first kappa shape index (κ1) is 5.80. The quantitative estimate of drug-likeness (QED) is 0.362. The van der Waals surface area contributed by atoms with Crippen LogP contribution in [0.5, 0.6) is 0 Å². The second-order valence-corrected chi connectivity index (χ2v) is 4.63. The summed E-state index contributed by atoms with van der Waals surface area (Å²) >= 11 is 11.4. The lowest BCUT2D eigenvalue weighted by Gasteiger charge is -2.05. The zero-order chi connectivity index (χ0) is 5.33. The highest BCUT2D eigenvalue weighted by Crippen LogP contribution is 2.26. The van der Waals surface area contributed by atoms with Gasteiger partial charge in [-0.05, 0) is 21.6 Å². The van der Waals surface area contributed by atoms with E-state index in [2.05, 4.69) is 0 Å². The van der Waals surface area contributed by atoms with Gasteiger partial charge in [-0.25, -0.2) is 0 Å². The molecule has 0 atom stereocenters. The van der Waals surface area contributed by atoms with Crippen molar-refractivity contribution in [1.82, 2.24) is 0 Å². The summed E-state index contributed by atoms with van der Waals surface area (Å²) in [4.78, 5) is 0. The molecule has 0 aliphatic carbocycles. The monoisotopic (exact) mass is 152 g/mol. The average molecular weight is 153 g/mol. The lowest BCUT2D eigenvalue weighted by atomic mass is 10.4. The molecule has 0 spiro atoms. The summed E-state index contributed by atoms with van der Waals surface area (Å²) in [5.41, 5.74) is 2.04. The van der Waals surface area contributed by atoms with Gasteiger partial charge < -0.3 is 0 Å². The molecule has 7 heavy (non-hydrogen) atoms. The van der Waals surface area contributed by atoms with Crippen molar-refractivity contribution in [2.75, 3.05) is 0 Å². The summed E-state index contributed by atoms with van der Waals surface area (Å²) in [5, 5.41) is 0. The smallest absolute Gasteiger partial charge is 0.0974 e. The number of halogens is 2. The molecule has 0 saturated heterocycles. The summed E-state index contributed by atoms with van der Waals surface area (Å²) in [5.74, 6) is 0. The molecule has 0 amide bonds. The second kappa shape index (κ2) is 1.88. The molecule has 1 rings (SSSR count). The molecule has 1 heterocycles. The van der Waals surface area contributed by atoms with Crippen LogP contribution in [0.25, 0.3) is 0 Å². The van der Waals surface area contributed by atoms with Crippen molar-refractivity contribution in [2.45, 2.75) is 16.8 Å². The van der Waals surface area contributed by atoms with Gasteiger partial charge in [0.2, 0.25) is 0 Å². The minimum Gasteiger partial charge on any atom is -0.0974 e. The molecular formula is C4H6Cl2Si. The summed E-state index contributed by atoms with van der Waals surface area (Å²) in [7, 11) is 0.461. The first-order valence-corrected chi connectivity index (χ1v) is 4.50. The van der Waals surface area contributed by atoms with E-state index in [4.69, 9.17) is 23.2 Å². The third kappa shape index (κ3) is 1.55. The number of rotatable bonds is 0. The van der Waals surface area contributed by atoms with E-state index in [0.29, 0.717) is 9.13 Å². The predicted octanol–water partition coefficient (Wildman–Crippen LogP) is 1.22. The van der Waals surface area contributed by atoms with E-state index < -0.39 is 4.33 Å². The Balaban J connectivity index is 2.57. The van der Waals surface area contributed by atoms with Crippen LogP contribution >= 0.6 is 23.2 Å². The Morgan fingerprint density at radius 2 is 2.29 bits per heavy atom. The molecule has 0 aromatic heterocycles. The average Bonchev–Trinajstić information content (AvgIpc) is 1.84. The second-order valence-electron chi connectivity index (χ2n) is 1.70. The van der Waals surface area contributed by atoms with Gasteiger partial charge in [-0.15, -0.1) is 0 Å². The fraction of sp³-hybridized carbons (Fsp3) is 0.750. The largest absolute Gasteiger partial charge is 0.132 e. The maximum atomic E-state index is 5.70. The molecule has 0 nitrogen and oxygen atoms in total. The lowest BCUT2D eigenvalue weighted by Crippen LogP contribution is -2.07. The van der Waals surface area contributed by atoms with Gasteiger partial charge in [0.05, 0.1) is 0 Å². The van der Waals surface area contributed by atoms with Crippen LogP contribution in [0.2, 0.25) is 6.04 Å². The third-order valence-corrected chi connectivity index (χ3v) is 3.49. The Kier molecular flexibility index (Phi) is 1.56. The highest BCUT2D eigenvalue weighted by molar-refractivity contribution is 6.68. The van der Waals surface area contributed by atoms with E-state index in [1.165, 1.54) is 6.04 Å². The molecule has 3 heteroatoms. The van der Waals surface area contributed by atoms with Crippen molar-refractivity contribution in [2.24, 2.45) is 0 Å². The van der Waals surface area contributed by atoms with Crippen molar-refractivity contribution in [1.29, 1.82) is 0 Å². The van der Waals surface area contributed by atoms with E-state index in [9.17, 15) is 0 Å². The molecule has 0 unspecified atom stereocenters. The zero-order valence-corrected chi connectivity index (χ0v) is 6.49. The highest BCUT2D eigenvalue weighted by Gasteiger charge is 2.21. The van der Waals surface area contributed by atoms with Gasteiger partial charge in [0.1, 0.15) is 4.33 Å². The Morgan fingerprint density at radius 1 is 1.57 bits per heavy atom. The summed E-state index contributed by atoms with van der Waals surface area (Å²) in [6.45, 7) is 0. The van der Waals surface area contributed by atoms with Crippen LogP contribution in [0, 0.1) is 0 Å². The molecule has 1 aliphatic heterocycles. The Labute approximate surface area is 55.2 Å². The highest BCUT2D eigenvalue weighted by atomic mass is 35.5. The van der Waals surface area contributed by atoms with Crippen LogP contribution in [-0.4, -0.2) is 19.1 Å². The van der Waals surface area contributed by atoms with Gasteiger partial charge in [0.25, 0.3) is 0 Å². The van der Waals surface area contributed by atoms with Crippen molar-refractivity contribution in [3.8, 4) is 0 Å². The minimum absolute atomic E-state index is 0.449. The van der Waals surface area contributed by atoms with E-state index in [1.54, 1.807) is 0 Å². The summed E-state index contributed by atoms with van der Waals surface area (Å²) in [6, 6.07) is 1.23. The van der Waals surface area contributed by atoms with Crippen molar-refractivity contribution in [3.05, 3.63) is 0 Å². The molecule has 1 aliphatic rings. The van der Waals surface area contributed by atoms with Crippen LogP contribution in [0.4, 0.5) is 0 Å². The van der Waals surface area contributed by atoms with Crippen molar-refractivity contribution >= 4 is 38.0 Å². The molecule has 0 N–H and O–H groups in total. The Hall–Kier alpha value is 0.667. The molecule has 0 bridgehead atoms. The molecule has 0 radical (unpaired) electrons. The van der Waals surface area contributed by atoms with Gasteiger partial charge in [-0.2, -0.15) is 0 Å². The minimum atomic E-state index is -0.449. The number of hydrogen-bond acceptors (Lipinski definition) is 0. The molecule has 0 saturated carbocycles. The molecule has 0 aromatic carbocycles. The van der Waals surface area contributed by atoms with E-state index >= 15 is 0 Å². The van der Waals surface area contributed by atoms with Gasteiger partial charge in [-0.1, -0.05) is 28.9 Å². The van der Waals surface area contributed by atoms with Crippen LogP contribution in [0.3, 0.4) is 0 Å². The SMILES string of the molecule is ClC1(Cl)C=[SiH]CC1. The first-order valence-electron chi connectivity index (χ1n) is 2.26. The molecule has 40 valence electrons. The molecular weight excluding hydrogens is 147 g/mol. The third-order valence-electron chi connectivity index (χ3n) is 1.01. The van der Waals surface area contributed by atoms with E-state index in [-0.39, 0.29) is 0 Å². The maximum Gasteiger partial charge on any atom is 0.132 e. The van der Waals surface area contributed by atoms with Crippen LogP contribution in [0.1, 0.15) is 6.42 Å². The fourth-order valence-electron chi connectivity index (χ4n) is 0.615. The van der Waals surface area contributed by atoms with Crippen molar-refractivity contribution in [3.63, 3.8) is 0 Å². The molecule has 0 aromatic rings. The van der Waals surface area contributed by atoms with Gasteiger partial charge in [-0.3, -0.25) is 0 Å². The normalized spacial score (nSPS) is 26.0. The topological polar surface area (TPSA) is 0 Å².